The van der Waals surface area contributed by atoms with Crippen molar-refractivity contribution in [2.24, 2.45) is 5.73 Å². The molecule has 68 valence electrons. The summed E-state index contributed by atoms with van der Waals surface area (Å²) in [6, 6.07) is 0. The van der Waals surface area contributed by atoms with Crippen LogP contribution in [-0.4, -0.2) is 17.8 Å². The Hall–Kier alpha value is -1.03. The molecule has 0 bridgehead atoms. The molecule has 0 aliphatic rings. The summed E-state index contributed by atoms with van der Waals surface area (Å²) in [4.78, 5) is 21.6. The van der Waals surface area contributed by atoms with Crippen molar-refractivity contribution in [2.75, 3.05) is 6.61 Å². The van der Waals surface area contributed by atoms with Crippen molar-refractivity contribution in [3.05, 3.63) is 11.3 Å². The number of carbonyl (C=O) groups excluding carboxylic acids is 2. The lowest BCUT2D eigenvalue weighted by Gasteiger charge is -2.03. The molecule has 0 saturated heterocycles. The van der Waals surface area contributed by atoms with E-state index in [0.29, 0.717) is 0 Å². The highest BCUT2D eigenvalue weighted by Crippen LogP contribution is 2.06. The standard InChI is InChI=1S/C7H10ClNO3/c1-3-12-7(11)5(4(2)9)6(8)10/h3,9H2,1-2H3/b5-4+. The van der Waals surface area contributed by atoms with E-state index in [2.05, 4.69) is 4.74 Å². The maximum Gasteiger partial charge on any atom is 0.344 e. The molecule has 0 amide bonds. The zero-order valence-corrected chi connectivity index (χ0v) is 7.64. The smallest absolute Gasteiger partial charge is 0.344 e. The summed E-state index contributed by atoms with van der Waals surface area (Å²) in [6.45, 7) is 3.21. The number of ether oxygens (including phenoxy) is 1. The third-order valence-corrected chi connectivity index (χ3v) is 1.26. The van der Waals surface area contributed by atoms with Crippen molar-refractivity contribution < 1.29 is 14.3 Å². The van der Waals surface area contributed by atoms with Crippen molar-refractivity contribution in [3.8, 4) is 0 Å². The molecule has 0 unspecified atom stereocenters. The number of carbonyl (C=O) groups is 2. The minimum Gasteiger partial charge on any atom is -0.462 e. The number of allylic oxidation sites excluding steroid dienone is 1. The van der Waals surface area contributed by atoms with E-state index in [9.17, 15) is 9.59 Å². The molecule has 0 rings (SSSR count). The average molecular weight is 192 g/mol. The Morgan fingerprint density at radius 2 is 2.00 bits per heavy atom. The van der Waals surface area contributed by atoms with Crippen LogP contribution < -0.4 is 5.73 Å². The molecule has 0 aliphatic carbocycles. The topological polar surface area (TPSA) is 69.4 Å². The summed E-state index contributed by atoms with van der Waals surface area (Å²) in [5, 5.41) is -0.895. The first-order valence-electron chi connectivity index (χ1n) is 3.34. The Bertz CT molecular complexity index is 231. The fourth-order valence-electron chi connectivity index (χ4n) is 0.600. The van der Waals surface area contributed by atoms with Crippen LogP contribution in [0.1, 0.15) is 13.8 Å². The lowest BCUT2D eigenvalue weighted by atomic mass is 10.2. The second-order valence-electron chi connectivity index (χ2n) is 2.05. The van der Waals surface area contributed by atoms with Gasteiger partial charge in [-0.05, 0) is 25.4 Å². The second-order valence-corrected chi connectivity index (χ2v) is 2.40. The lowest BCUT2D eigenvalue weighted by Crippen LogP contribution is -2.17. The van der Waals surface area contributed by atoms with Crippen molar-refractivity contribution in [1.82, 2.24) is 0 Å². The maximum atomic E-state index is 11.0. The molecule has 0 aromatic heterocycles. The van der Waals surface area contributed by atoms with Gasteiger partial charge >= 0.3 is 5.97 Å². The molecule has 12 heavy (non-hydrogen) atoms. The first-order valence-corrected chi connectivity index (χ1v) is 3.71. The van der Waals surface area contributed by atoms with Gasteiger partial charge < -0.3 is 10.5 Å². The van der Waals surface area contributed by atoms with E-state index >= 15 is 0 Å². The molecular weight excluding hydrogens is 182 g/mol. The van der Waals surface area contributed by atoms with Gasteiger partial charge in [0.05, 0.1) is 6.61 Å². The normalized spacial score (nSPS) is 11.9. The van der Waals surface area contributed by atoms with Crippen LogP contribution >= 0.6 is 11.6 Å². The van der Waals surface area contributed by atoms with E-state index in [1.54, 1.807) is 6.92 Å². The van der Waals surface area contributed by atoms with Gasteiger partial charge in [-0.25, -0.2) is 4.79 Å². The molecule has 2 N–H and O–H groups in total. The SMILES string of the molecule is CCOC(=O)/C(C(=O)Cl)=C(\C)N. The highest BCUT2D eigenvalue weighted by atomic mass is 35.5. The van der Waals surface area contributed by atoms with Crippen LogP contribution in [-0.2, 0) is 14.3 Å². The van der Waals surface area contributed by atoms with Crippen molar-refractivity contribution in [1.29, 1.82) is 0 Å². The third-order valence-electron chi connectivity index (χ3n) is 1.07. The Morgan fingerprint density at radius 3 is 2.25 bits per heavy atom. The Labute approximate surface area is 75.3 Å². The highest BCUT2D eigenvalue weighted by Gasteiger charge is 2.19. The predicted octanol–water partition coefficient (Wildman–Crippen LogP) is 0.548. The van der Waals surface area contributed by atoms with Crippen molar-refractivity contribution >= 4 is 22.8 Å². The largest absolute Gasteiger partial charge is 0.462 e. The van der Waals surface area contributed by atoms with E-state index in [4.69, 9.17) is 17.3 Å². The summed E-state index contributed by atoms with van der Waals surface area (Å²) < 4.78 is 4.54. The fraction of sp³-hybridized carbons (Fsp3) is 0.429. The van der Waals surface area contributed by atoms with E-state index < -0.39 is 11.2 Å². The van der Waals surface area contributed by atoms with Crippen LogP contribution in [0.4, 0.5) is 0 Å². The van der Waals surface area contributed by atoms with Crippen molar-refractivity contribution in [3.63, 3.8) is 0 Å². The molecule has 4 nitrogen and oxygen atoms in total. The van der Waals surface area contributed by atoms with Gasteiger partial charge in [0.1, 0.15) is 5.57 Å². The molecule has 0 fully saturated rings. The molecule has 0 saturated carbocycles. The van der Waals surface area contributed by atoms with E-state index in [1.165, 1.54) is 6.92 Å². The Kier molecular flexibility index (Phi) is 4.36. The Morgan fingerprint density at radius 1 is 1.50 bits per heavy atom. The van der Waals surface area contributed by atoms with Crippen LogP contribution in [0.5, 0.6) is 0 Å². The molecule has 0 atom stereocenters. The molecule has 0 heterocycles. The quantitative estimate of drug-likeness (QED) is 0.233. The van der Waals surface area contributed by atoms with Crippen LogP contribution in [0.3, 0.4) is 0 Å². The van der Waals surface area contributed by atoms with Gasteiger partial charge in [0, 0.05) is 5.70 Å². The Balaban J connectivity index is 4.67. The zero-order valence-electron chi connectivity index (χ0n) is 6.89. The van der Waals surface area contributed by atoms with E-state index in [1.807, 2.05) is 0 Å². The molecule has 0 aromatic carbocycles. The number of hydrogen-bond donors (Lipinski definition) is 1. The second kappa shape index (κ2) is 4.77. The number of hydrogen-bond acceptors (Lipinski definition) is 4. The lowest BCUT2D eigenvalue weighted by molar-refractivity contribution is -0.139. The van der Waals surface area contributed by atoms with E-state index in [0.717, 1.165) is 0 Å². The van der Waals surface area contributed by atoms with Gasteiger partial charge in [-0.2, -0.15) is 0 Å². The van der Waals surface area contributed by atoms with Crippen LogP contribution in [0.25, 0.3) is 0 Å². The van der Waals surface area contributed by atoms with Gasteiger partial charge in [-0.3, -0.25) is 4.79 Å². The summed E-state index contributed by atoms with van der Waals surface area (Å²) in [6.07, 6.45) is 0. The first kappa shape index (κ1) is 11.0. The molecule has 0 aliphatic heterocycles. The molecule has 0 aromatic rings. The average Bonchev–Trinajstić information content (AvgIpc) is 1.85. The fourth-order valence-corrected chi connectivity index (χ4v) is 0.826. The van der Waals surface area contributed by atoms with Gasteiger partial charge in [-0.1, -0.05) is 0 Å². The van der Waals surface area contributed by atoms with Gasteiger partial charge in [-0.15, -0.1) is 0 Å². The van der Waals surface area contributed by atoms with Crippen LogP contribution in [0, 0.1) is 0 Å². The highest BCUT2D eigenvalue weighted by molar-refractivity contribution is 6.70. The minimum absolute atomic E-state index is 0.0634. The number of nitrogens with two attached hydrogens (primary N) is 1. The number of esters is 1. The number of rotatable bonds is 3. The summed E-state index contributed by atoms with van der Waals surface area (Å²) in [5.41, 5.74) is 5.01. The molecule has 0 radical (unpaired) electrons. The van der Waals surface area contributed by atoms with Crippen LogP contribution in [0.15, 0.2) is 11.3 Å². The molecule has 5 heteroatoms. The molecular formula is C7H10ClNO3. The number of halogens is 1. The van der Waals surface area contributed by atoms with Crippen molar-refractivity contribution in [2.45, 2.75) is 13.8 Å². The summed E-state index contributed by atoms with van der Waals surface area (Å²) >= 11 is 5.09. The summed E-state index contributed by atoms with van der Waals surface area (Å²) in [5.74, 6) is -0.780. The van der Waals surface area contributed by atoms with Gasteiger partial charge in [0.2, 0.25) is 0 Å². The summed E-state index contributed by atoms with van der Waals surface area (Å²) in [7, 11) is 0. The minimum atomic E-state index is -0.895. The molecule has 0 spiro atoms. The van der Waals surface area contributed by atoms with Gasteiger partial charge in [0.25, 0.3) is 5.24 Å². The van der Waals surface area contributed by atoms with Crippen LogP contribution in [0.2, 0.25) is 0 Å². The predicted molar refractivity (Wildman–Crippen MR) is 44.4 cm³/mol. The van der Waals surface area contributed by atoms with E-state index in [-0.39, 0.29) is 17.9 Å². The zero-order chi connectivity index (χ0) is 9.72. The first-order chi connectivity index (χ1) is 5.50. The monoisotopic (exact) mass is 191 g/mol. The maximum absolute atomic E-state index is 11.0. The van der Waals surface area contributed by atoms with Gasteiger partial charge in [0.15, 0.2) is 0 Å². The third kappa shape index (κ3) is 2.92.